The molecule has 0 spiro atoms. The molecule has 0 unspecified atom stereocenters. The van der Waals surface area contributed by atoms with Gasteiger partial charge in [0.1, 0.15) is 6.54 Å². The van der Waals surface area contributed by atoms with Crippen LogP contribution in [0.25, 0.3) is 0 Å². The Bertz CT molecular complexity index is 752. The van der Waals surface area contributed by atoms with Crippen molar-refractivity contribution >= 4 is 11.6 Å². The number of halogens is 1. The van der Waals surface area contributed by atoms with Crippen molar-refractivity contribution in [1.29, 1.82) is 0 Å². The quantitative estimate of drug-likeness (QED) is 0.678. The summed E-state index contributed by atoms with van der Waals surface area (Å²) >= 11 is 0. The van der Waals surface area contributed by atoms with Crippen molar-refractivity contribution in [2.75, 3.05) is 25.0 Å². The first-order valence-corrected chi connectivity index (χ1v) is 10.4. The van der Waals surface area contributed by atoms with Crippen LogP contribution in [0.3, 0.4) is 0 Å². The molecule has 0 radical (unpaired) electrons. The van der Waals surface area contributed by atoms with E-state index in [0.717, 1.165) is 41.8 Å². The number of amides is 1. The molecule has 0 bridgehead atoms. The van der Waals surface area contributed by atoms with Crippen LogP contribution in [0, 0.1) is 6.92 Å². The molecule has 1 aliphatic rings. The Balaban J connectivity index is 0.00000280. The van der Waals surface area contributed by atoms with Gasteiger partial charge in [0.15, 0.2) is 6.54 Å². The number of nitrogens with zero attached hydrogens (tertiary/aromatic N) is 1. The van der Waals surface area contributed by atoms with Gasteiger partial charge in [-0.25, -0.2) is 0 Å². The molecular weight excluding hydrogens is 412 g/mol. The van der Waals surface area contributed by atoms with E-state index >= 15 is 0 Å². The molecule has 0 atom stereocenters. The third kappa shape index (κ3) is 5.92. The predicted molar refractivity (Wildman–Crippen MR) is 113 cm³/mol. The van der Waals surface area contributed by atoms with Gasteiger partial charge < -0.3 is 26.8 Å². The standard InChI is InChI=1S/C24H32N2O.BrH/c1-3-22-15-11-12-20(2)24(22)25-23(27)19-26(16-9-4-5-10-17-26)18-21-13-7-6-8-14-21;/h6-8,11-15H,3-5,9-10,16-19H2,1-2H3;1H. The summed E-state index contributed by atoms with van der Waals surface area (Å²) in [6.07, 6.45) is 5.93. The van der Waals surface area contributed by atoms with E-state index in [2.05, 4.69) is 67.7 Å². The molecule has 1 saturated heterocycles. The average Bonchev–Trinajstić information content (AvgIpc) is 2.89. The summed E-state index contributed by atoms with van der Waals surface area (Å²) in [5, 5.41) is 3.25. The van der Waals surface area contributed by atoms with E-state index in [0.29, 0.717) is 6.54 Å². The zero-order valence-electron chi connectivity index (χ0n) is 17.2. The van der Waals surface area contributed by atoms with Crippen molar-refractivity contribution in [1.82, 2.24) is 0 Å². The summed E-state index contributed by atoms with van der Waals surface area (Å²) in [6.45, 7) is 7.92. The summed E-state index contributed by atoms with van der Waals surface area (Å²) in [5.74, 6) is 0.150. The second-order valence-corrected chi connectivity index (χ2v) is 8.02. The van der Waals surface area contributed by atoms with Gasteiger partial charge in [0.2, 0.25) is 0 Å². The number of rotatable bonds is 6. The summed E-state index contributed by atoms with van der Waals surface area (Å²) in [5.41, 5.74) is 4.71. The molecule has 0 aromatic heterocycles. The molecule has 2 aromatic rings. The third-order valence-electron chi connectivity index (χ3n) is 5.86. The van der Waals surface area contributed by atoms with E-state index in [4.69, 9.17) is 0 Å². The van der Waals surface area contributed by atoms with Crippen molar-refractivity contribution < 1.29 is 26.3 Å². The molecule has 1 N–H and O–H groups in total. The summed E-state index contributed by atoms with van der Waals surface area (Å²) in [6, 6.07) is 16.9. The Morgan fingerprint density at radius 1 is 0.964 bits per heavy atom. The largest absolute Gasteiger partial charge is 1.00 e. The predicted octanol–water partition coefficient (Wildman–Crippen LogP) is 2.09. The van der Waals surface area contributed by atoms with Crippen molar-refractivity contribution in [3.8, 4) is 0 Å². The molecule has 152 valence electrons. The zero-order chi connectivity index (χ0) is 19.1. The summed E-state index contributed by atoms with van der Waals surface area (Å²) < 4.78 is 0.878. The van der Waals surface area contributed by atoms with Gasteiger partial charge in [-0.15, -0.1) is 0 Å². The van der Waals surface area contributed by atoms with Crippen LogP contribution in [0.4, 0.5) is 5.69 Å². The smallest absolute Gasteiger partial charge is 0.279 e. The van der Waals surface area contributed by atoms with Crippen molar-refractivity contribution in [3.63, 3.8) is 0 Å². The Kier molecular flexibility index (Phi) is 8.71. The number of hydrogen-bond donors (Lipinski definition) is 1. The molecule has 0 saturated carbocycles. The minimum absolute atomic E-state index is 0. The Morgan fingerprint density at radius 3 is 2.29 bits per heavy atom. The number of aryl methyl sites for hydroxylation is 2. The Labute approximate surface area is 180 Å². The molecule has 28 heavy (non-hydrogen) atoms. The highest BCUT2D eigenvalue weighted by Gasteiger charge is 2.32. The van der Waals surface area contributed by atoms with Crippen LogP contribution in [-0.4, -0.2) is 30.0 Å². The Morgan fingerprint density at radius 2 is 1.64 bits per heavy atom. The molecule has 0 aliphatic carbocycles. The van der Waals surface area contributed by atoms with Gasteiger partial charge in [-0.1, -0.05) is 55.5 Å². The van der Waals surface area contributed by atoms with E-state index in [1.54, 1.807) is 0 Å². The van der Waals surface area contributed by atoms with Gasteiger partial charge in [0, 0.05) is 11.3 Å². The highest BCUT2D eigenvalue weighted by molar-refractivity contribution is 5.93. The molecule has 1 aliphatic heterocycles. The first-order valence-electron chi connectivity index (χ1n) is 10.4. The van der Waals surface area contributed by atoms with Gasteiger partial charge in [0.05, 0.1) is 13.1 Å². The van der Waals surface area contributed by atoms with Gasteiger partial charge in [-0.3, -0.25) is 4.79 Å². The van der Waals surface area contributed by atoms with Crippen molar-refractivity contribution in [3.05, 3.63) is 65.2 Å². The zero-order valence-corrected chi connectivity index (χ0v) is 18.8. The number of nitrogens with one attached hydrogen (secondary N) is 1. The normalized spacial score (nSPS) is 15.9. The number of hydrogen-bond acceptors (Lipinski definition) is 1. The van der Waals surface area contributed by atoms with E-state index in [9.17, 15) is 4.79 Å². The number of quaternary nitrogens is 1. The average molecular weight is 445 g/mol. The van der Waals surface area contributed by atoms with Crippen LogP contribution in [-0.2, 0) is 17.8 Å². The third-order valence-corrected chi connectivity index (χ3v) is 5.86. The van der Waals surface area contributed by atoms with Crippen LogP contribution < -0.4 is 22.3 Å². The van der Waals surface area contributed by atoms with Crippen LogP contribution in [0.15, 0.2) is 48.5 Å². The lowest BCUT2D eigenvalue weighted by Crippen LogP contribution is -3.00. The number of carbonyl (C=O) groups is 1. The van der Waals surface area contributed by atoms with E-state index < -0.39 is 0 Å². The maximum atomic E-state index is 13.1. The molecule has 1 fully saturated rings. The number of carbonyl (C=O) groups excluding carboxylic acids is 1. The maximum Gasteiger partial charge on any atom is 0.279 e. The summed E-state index contributed by atoms with van der Waals surface area (Å²) in [7, 11) is 0. The number of anilines is 1. The number of benzene rings is 2. The molecule has 4 heteroatoms. The van der Waals surface area contributed by atoms with Gasteiger partial charge in [0.25, 0.3) is 5.91 Å². The summed E-state index contributed by atoms with van der Waals surface area (Å²) in [4.78, 5) is 13.1. The molecule has 3 nitrogen and oxygen atoms in total. The number of likely N-dealkylation sites (tertiary alicyclic amines) is 1. The second-order valence-electron chi connectivity index (χ2n) is 8.02. The SMILES string of the molecule is CCc1cccc(C)c1NC(=O)C[N+]1(Cc2ccccc2)CCCCCC1.[Br-]. The molecular formula is C24H33BrN2O. The van der Waals surface area contributed by atoms with Gasteiger partial charge in [-0.05, 0) is 50.2 Å². The van der Waals surface area contributed by atoms with Gasteiger partial charge in [-0.2, -0.15) is 0 Å². The highest BCUT2D eigenvalue weighted by atomic mass is 79.9. The molecule has 1 amide bonds. The van der Waals surface area contributed by atoms with Gasteiger partial charge >= 0.3 is 0 Å². The molecule has 2 aromatic carbocycles. The lowest BCUT2D eigenvalue weighted by Gasteiger charge is -2.37. The van der Waals surface area contributed by atoms with Crippen LogP contribution in [0.5, 0.6) is 0 Å². The fraction of sp³-hybridized carbons (Fsp3) is 0.458. The lowest BCUT2D eigenvalue weighted by molar-refractivity contribution is -0.932. The Hall–Kier alpha value is -1.65. The van der Waals surface area contributed by atoms with Crippen molar-refractivity contribution in [2.45, 2.75) is 52.5 Å². The molecule has 3 rings (SSSR count). The van der Waals surface area contributed by atoms with Crippen LogP contribution in [0.2, 0.25) is 0 Å². The van der Waals surface area contributed by atoms with Crippen molar-refractivity contribution in [2.24, 2.45) is 0 Å². The number of para-hydroxylation sites is 1. The monoisotopic (exact) mass is 444 g/mol. The minimum Gasteiger partial charge on any atom is -1.00 e. The minimum atomic E-state index is 0. The van der Waals surface area contributed by atoms with E-state index in [1.807, 2.05) is 0 Å². The van der Waals surface area contributed by atoms with Crippen LogP contribution in [0.1, 0.15) is 49.3 Å². The van der Waals surface area contributed by atoms with E-state index in [-0.39, 0.29) is 22.9 Å². The van der Waals surface area contributed by atoms with Crippen LogP contribution >= 0.6 is 0 Å². The maximum absolute atomic E-state index is 13.1. The highest BCUT2D eigenvalue weighted by Crippen LogP contribution is 2.24. The lowest BCUT2D eigenvalue weighted by atomic mass is 10.1. The topological polar surface area (TPSA) is 29.1 Å². The van der Waals surface area contributed by atoms with E-state index in [1.165, 1.54) is 36.8 Å². The fourth-order valence-electron chi connectivity index (χ4n) is 4.39. The first-order chi connectivity index (χ1) is 13.1. The second kappa shape index (κ2) is 10.8. The fourth-order valence-corrected chi connectivity index (χ4v) is 4.39. The first kappa shape index (κ1) is 22.6. The molecule has 1 heterocycles.